The van der Waals surface area contributed by atoms with E-state index >= 15 is 0 Å². The smallest absolute Gasteiger partial charge is 0.311 e. The largest absolute Gasteiger partial charge is 0.437 e. The maximum absolute atomic E-state index is 8.87. The second kappa shape index (κ2) is 14.6. The molecule has 0 saturated heterocycles. The summed E-state index contributed by atoms with van der Waals surface area (Å²) in [5.41, 5.74) is 0. The molecular formula is C23H59NO4Si5. The Morgan fingerprint density at radius 3 is 1.70 bits per heavy atom. The van der Waals surface area contributed by atoms with Crippen molar-refractivity contribution in [1.82, 2.24) is 4.23 Å². The first-order valence-corrected chi connectivity index (χ1v) is 28.9. The van der Waals surface area contributed by atoms with Gasteiger partial charge in [-0.05, 0) is 70.3 Å². The van der Waals surface area contributed by atoms with Crippen LogP contribution in [0.4, 0.5) is 0 Å². The first-order chi connectivity index (χ1) is 14.9. The van der Waals surface area contributed by atoms with E-state index in [1.54, 1.807) is 0 Å². The van der Waals surface area contributed by atoms with Crippen LogP contribution < -0.4 is 0 Å². The van der Waals surface area contributed by atoms with Crippen molar-refractivity contribution in [3.05, 3.63) is 0 Å². The monoisotopic (exact) mass is 553 g/mol. The van der Waals surface area contributed by atoms with Crippen molar-refractivity contribution in [3.63, 3.8) is 0 Å². The molecule has 1 unspecified atom stereocenters. The summed E-state index contributed by atoms with van der Waals surface area (Å²) in [7, 11) is -8.46. The van der Waals surface area contributed by atoms with Crippen LogP contribution in [0.25, 0.3) is 0 Å². The van der Waals surface area contributed by atoms with Gasteiger partial charge in [-0.15, -0.1) is 0 Å². The molecule has 33 heavy (non-hydrogen) atoms. The second-order valence-electron chi connectivity index (χ2n) is 13.0. The van der Waals surface area contributed by atoms with Crippen molar-refractivity contribution in [3.8, 4) is 0 Å². The highest BCUT2D eigenvalue weighted by atomic mass is 28.5. The van der Waals surface area contributed by atoms with Gasteiger partial charge in [0, 0.05) is 6.61 Å². The lowest BCUT2D eigenvalue weighted by Crippen LogP contribution is -2.59. The van der Waals surface area contributed by atoms with Gasteiger partial charge in [-0.2, -0.15) is 0 Å². The molecule has 0 aliphatic heterocycles. The van der Waals surface area contributed by atoms with Crippen LogP contribution in [0.1, 0.15) is 32.6 Å². The van der Waals surface area contributed by atoms with Gasteiger partial charge in [-0.3, -0.25) is 0 Å². The molecule has 200 valence electrons. The summed E-state index contributed by atoms with van der Waals surface area (Å²) >= 11 is 0. The van der Waals surface area contributed by atoms with Gasteiger partial charge < -0.3 is 22.3 Å². The first-order valence-electron chi connectivity index (χ1n) is 13.2. The van der Waals surface area contributed by atoms with E-state index in [-0.39, 0.29) is 6.61 Å². The van der Waals surface area contributed by atoms with Gasteiger partial charge in [0.15, 0.2) is 16.6 Å². The van der Waals surface area contributed by atoms with Crippen molar-refractivity contribution < 1.29 is 18.1 Å². The van der Waals surface area contributed by atoms with Crippen LogP contribution in [-0.2, 0) is 13.0 Å². The van der Waals surface area contributed by atoms with Gasteiger partial charge in [0.1, 0.15) is 16.5 Å². The first kappa shape index (κ1) is 33.9. The molecule has 0 amide bonds. The third-order valence-electron chi connectivity index (χ3n) is 6.08. The Balaban J connectivity index is 5.11. The van der Waals surface area contributed by atoms with E-state index in [4.69, 9.17) is 18.1 Å². The molecule has 0 heterocycles. The Morgan fingerprint density at radius 1 is 0.667 bits per heavy atom. The summed E-state index contributed by atoms with van der Waals surface area (Å²) in [6.07, 6.45) is 4.76. The van der Waals surface area contributed by atoms with Crippen molar-refractivity contribution in [2.75, 3.05) is 26.4 Å². The zero-order valence-corrected chi connectivity index (χ0v) is 29.4. The van der Waals surface area contributed by atoms with E-state index in [9.17, 15) is 0 Å². The topological polar surface area (TPSA) is 51.2 Å². The molecule has 1 atom stereocenters. The maximum atomic E-state index is 8.87. The lowest BCUT2D eigenvalue weighted by Gasteiger charge is -2.44. The number of rotatable bonds is 19. The Hall–Kier alpha value is 0.884. The average molecular weight is 554 g/mol. The fourth-order valence-corrected chi connectivity index (χ4v) is 30.0. The van der Waals surface area contributed by atoms with Crippen molar-refractivity contribution in [1.29, 1.82) is 0 Å². The number of nitrogens with zero attached hydrogens (tertiary/aromatic N) is 1. The number of hydrogen-bond donors (Lipinski definition) is 1. The molecule has 0 aliphatic carbocycles. The summed E-state index contributed by atoms with van der Waals surface area (Å²) < 4.78 is 22.3. The van der Waals surface area contributed by atoms with Crippen molar-refractivity contribution in [2.24, 2.45) is 0 Å². The van der Waals surface area contributed by atoms with Gasteiger partial charge in [0.25, 0.3) is 0 Å². The summed E-state index contributed by atoms with van der Waals surface area (Å²) in [4.78, 5) is 0. The molecule has 0 bridgehead atoms. The lowest BCUT2D eigenvalue weighted by molar-refractivity contribution is 0.0923. The minimum atomic E-state index is -2.20. The highest BCUT2D eigenvalue weighted by Crippen LogP contribution is 2.30. The van der Waals surface area contributed by atoms with E-state index in [2.05, 4.69) is 83.2 Å². The molecule has 0 rings (SSSR count). The van der Waals surface area contributed by atoms with Gasteiger partial charge in [-0.25, -0.2) is 0 Å². The zero-order chi connectivity index (χ0) is 26.0. The number of ether oxygens (including phenoxy) is 1. The predicted octanol–water partition coefficient (Wildman–Crippen LogP) is 7.06. The van der Waals surface area contributed by atoms with E-state index < -0.39 is 41.7 Å². The highest BCUT2D eigenvalue weighted by molar-refractivity contribution is 6.90. The fraction of sp³-hybridized carbons (Fsp3) is 1.00. The third kappa shape index (κ3) is 15.6. The number of hydrogen-bond acceptors (Lipinski definition) is 5. The summed E-state index contributed by atoms with van der Waals surface area (Å²) in [6.45, 7) is 31.4. The van der Waals surface area contributed by atoms with Gasteiger partial charge in [0.2, 0.25) is 0 Å². The summed E-state index contributed by atoms with van der Waals surface area (Å²) in [6, 6.07) is 3.57. The summed E-state index contributed by atoms with van der Waals surface area (Å²) in [5.74, 6) is 0. The Bertz CT molecular complexity index is 524. The van der Waals surface area contributed by atoms with Crippen LogP contribution in [0.2, 0.25) is 90.1 Å². The zero-order valence-electron chi connectivity index (χ0n) is 24.4. The Kier molecular flexibility index (Phi) is 15.0. The molecule has 0 saturated carbocycles. The maximum Gasteiger partial charge on any atom is 0.311 e. The second-order valence-corrected chi connectivity index (χ2v) is 35.5. The van der Waals surface area contributed by atoms with E-state index in [1.807, 2.05) is 0 Å². The Morgan fingerprint density at radius 2 is 1.21 bits per heavy atom. The average Bonchev–Trinajstić information content (AvgIpc) is 2.60. The van der Waals surface area contributed by atoms with Crippen molar-refractivity contribution >= 4 is 41.7 Å². The van der Waals surface area contributed by atoms with E-state index in [0.717, 1.165) is 12.5 Å². The van der Waals surface area contributed by atoms with E-state index in [0.29, 0.717) is 13.2 Å². The predicted molar refractivity (Wildman–Crippen MR) is 159 cm³/mol. The quantitative estimate of drug-likeness (QED) is 0.137. The van der Waals surface area contributed by atoms with Crippen LogP contribution >= 0.6 is 0 Å². The van der Waals surface area contributed by atoms with Crippen molar-refractivity contribution in [2.45, 2.75) is 123 Å². The minimum Gasteiger partial charge on any atom is -0.437 e. The van der Waals surface area contributed by atoms with Crippen LogP contribution in [-0.4, -0.2) is 77.4 Å². The summed E-state index contributed by atoms with van der Waals surface area (Å²) in [5, 5.41) is 8.87. The van der Waals surface area contributed by atoms with Crippen LogP contribution in [0.15, 0.2) is 0 Å². The molecule has 1 N–H and O–H groups in total. The number of aliphatic hydroxyl groups is 1. The molecular weight excluding hydrogens is 495 g/mol. The normalized spacial score (nSPS) is 15.8. The van der Waals surface area contributed by atoms with Gasteiger partial charge in [-0.1, -0.05) is 59.0 Å². The number of unbranched alkanes of at least 4 members (excludes halogenated alkanes) is 1. The standard InChI is InChI=1S/C23H59NO4Si5/c1-13-14-22-33(12,23-15-17-24(29(2,3)4)30(5,6)7)28-32(10,11)27-31(8,9)21-16-19-26-20-18-25/h25H,13-23H2,1-12H3. The SMILES string of the molecule is CCCC[Si](C)(CCCN([Si](C)(C)C)[Si](C)(C)C)O[Si](C)(C)O[Si](C)(C)CCCOCCO. The van der Waals surface area contributed by atoms with Crippen LogP contribution in [0, 0.1) is 0 Å². The van der Waals surface area contributed by atoms with Crippen LogP contribution in [0.5, 0.6) is 0 Å². The van der Waals surface area contributed by atoms with Gasteiger partial charge in [0.05, 0.1) is 13.2 Å². The molecule has 0 spiro atoms. The number of aliphatic hydroxyl groups excluding tert-OH is 1. The van der Waals surface area contributed by atoms with Gasteiger partial charge >= 0.3 is 8.56 Å². The molecule has 0 fully saturated rings. The molecule has 0 aliphatic rings. The highest BCUT2D eigenvalue weighted by Gasteiger charge is 2.41. The molecule has 0 radical (unpaired) electrons. The van der Waals surface area contributed by atoms with E-state index in [1.165, 1.54) is 37.9 Å². The molecule has 0 aromatic carbocycles. The third-order valence-corrected chi connectivity index (χ3v) is 26.3. The lowest BCUT2D eigenvalue weighted by atomic mass is 10.4. The fourth-order valence-electron chi connectivity index (χ4n) is 5.16. The molecule has 0 aromatic rings. The molecule has 5 nitrogen and oxygen atoms in total. The van der Waals surface area contributed by atoms with Crippen LogP contribution in [0.3, 0.4) is 0 Å². The molecule has 10 heteroatoms. The minimum absolute atomic E-state index is 0.0969. The Labute approximate surface area is 212 Å². The molecule has 0 aromatic heterocycles.